The molecule has 3 unspecified atom stereocenters. The van der Waals surface area contributed by atoms with Crippen LogP contribution in [-0.2, 0) is 0 Å². The zero-order valence-corrected chi connectivity index (χ0v) is 14.3. The zero-order valence-electron chi connectivity index (χ0n) is 11.9. The highest BCUT2D eigenvalue weighted by Gasteiger charge is 2.41. The van der Waals surface area contributed by atoms with E-state index in [0.717, 1.165) is 35.7 Å². The van der Waals surface area contributed by atoms with Gasteiger partial charge < -0.3 is 10.8 Å². The highest BCUT2D eigenvalue weighted by Crippen LogP contribution is 2.49. The second-order valence-corrected chi connectivity index (χ2v) is 7.30. The van der Waals surface area contributed by atoms with E-state index in [4.69, 9.17) is 17.3 Å². The summed E-state index contributed by atoms with van der Waals surface area (Å²) in [6.45, 7) is 2.75. The van der Waals surface area contributed by atoms with E-state index in [-0.39, 0.29) is 5.41 Å². The molecule has 4 heteroatoms. The van der Waals surface area contributed by atoms with Crippen molar-refractivity contribution in [3.8, 4) is 0 Å². The summed E-state index contributed by atoms with van der Waals surface area (Å²) in [6, 6.07) is 5.57. The zero-order chi connectivity index (χ0) is 14.8. The van der Waals surface area contributed by atoms with Crippen molar-refractivity contribution in [3.05, 3.63) is 33.3 Å². The van der Waals surface area contributed by atoms with Crippen LogP contribution in [0.1, 0.15) is 50.7 Å². The van der Waals surface area contributed by atoms with Gasteiger partial charge in [-0.25, -0.2) is 0 Å². The molecule has 1 fully saturated rings. The fourth-order valence-electron chi connectivity index (χ4n) is 3.47. The van der Waals surface area contributed by atoms with E-state index >= 15 is 0 Å². The lowest BCUT2D eigenvalue weighted by molar-refractivity contribution is -0.0166. The van der Waals surface area contributed by atoms with Crippen LogP contribution in [0.5, 0.6) is 0 Å². The summed E-state index contributed by atoms with van der Waals surface area (Å²) in [7, 11) is 0. The van der Waals surface area contributed by atoms with Gasteiger partial charge in [0.1, 0.15) is 0 Å². The molecule has 1 aliphatic rings. The van der Waals surface area contributed by atoms with E-state index in [0.29, 0.717) is 17.5 Å². The van der Waals surface area contributed by atoms with Gasteiger partial charge in [-0.05, 0) is 36.5 Å². The lowest BCUT2D eigenvalue weighted by Gasteiger charge is -2.44. The molecule has 2 rings (SSSR count). The lowest BCUT2D eigenvalue weighted by atomic mass is 9.64. The Bertz CT molecular complexity index is 468. The van der Waals surface area contributed by atoms with Crippen LogP contribution in [0.2, 0.25) is 5.02 Å². The third-order valence-electron chi connectivity index (χ3n) is 4.80. The standard InChI is InChI=1S/C16H23BrClNO/c1-2-11-4-3-7-16(9-11,10-19)15(20)13-6-5-12(18)8-14(13)17/h5-6,8,11,15,20H,2-4,7,9-10,19H2,1H3. The van der Waals surface area contributed by atoms with Crippen molar-refractivity contribution in [1.82, 2.24) is 0 Å². The fourth-order valence-corrected chi connectivity index (χ4v) is 4.37. The number of aliphatic hydroxyl groups excluding tert-OH is 1. The van der Waals surface area contributed by atoms with E-state index in [9.17, 15) is 5.11 Å². The van der Waals surface area contributed by atoms with E-state index < -0.39 is 6.10 Å². The molecule has 1 aromatic rings. The van der Waals surface area contributed by atoms with Gasteiger partial charge in [0, 0.05) is 21.5 Å². The Labute approximate surface area is 134 Å². The van der Waals surface area contributed by atoms with Crippen molar-refractivity contribution in [1.29, 1.82) is 0 Å². The molecule has 3 atom stereocenters. The first-order valence-corrected chi connectivity index (χ1v) is 8.52. The molecule has 0 aromatic heterocycles. The number of hydrogen-bond donors (Lipinski definition) is 2. The Morgan fingerprint density at radius 3 is 2.90 bits per heavy atom. The predicted molar refractivity (Wildman–Crippen MR) is 87.8 cm³/mol. The fraction of sp³-hybridized carbons (Fsp3) is 0.625. The summed E-state index contributed by atoms with van der Waals surface area (Å²) in [5.41, 5.74) is 6.77. The van der Waals surface area contributed by atoms with Gasteiger partial charge in [0.05, 0.1) is 6.10 Å². The van der Waals surface area contributed by atoms with Crippen molar-refractivity contribution in [2.75, 3.05) is 6.54 Å². The first kappa shape index (κ1) is 16.3. The van der Waals surface area contributed by atoms with Crippen molar-refractivity contribution in [3.63, 3.8) is 0 Å². The molecule has 0 heterocycles. The Morgan fingerprint density at radius 2 is 2.30 bits per heavy atom. The van der Waals surface area contributed by atoms with Gasteiger partial charge in [0.2, 0.25) is 0 Å². The van der Waals surface area contributed by atoms with Crippen molar-refractivity contribution >= 4 is 27.5 Å². The number of hydrogen-bond acceptors (Lipinski definition) is 2. The Morgan fingerprint density at radius 1 is 1.55 bits per heavy atom. The van der Waals surface area contributed by atoms with Crippen LogP contribution in [-0.4, -0.2) is 11.7 Å². The van der Waals surface area contributed by atoms with Gasteiger partial charge in [-0.3, -0.25) is 0 Å². The highest BCUT2D eigenvalue weighted by molar-refractivity contribution is 9.10. The van der Waals surface area contributed by atoms with Crippen molar-refractivity contribution < 1.29 is 5.11 Å². The number of nitrogens with two attached hydrogens (primary N) is 1. The van der Waals surface area contributed by atoms with E-state index in [1.807, 2.05) is 18.2 Å². The van der Waals surface area contributed by atoms with Crippen LogP contribution in [0.15, 0.2) is 22.7 Å². The van der Waals surface area contributed by atoms with Gasteiger partial charge in [0.15, 0.2) is 0 Å². The number of benzene rings is 1. The molecule has 20 heavy (non-hydrogen) atoms. The normalized spacial score (nSPS) is 28.4. The minimum atomic E-state index is -0.534. The monoisotopic (exact) mass is 359 g/mol. The maximum absolute atomic E-state index is 10.9. The molecule has 0 amide bonds. The summed E-state index contributed by atoms with van der Waals surface area (Å²) in [6.07, 6.45) is 5.04. The largest absolute Gasteiger partial charge is 0.388 e. The van der Waals surface area contributed by atoms with Crippen LogP contribution in [0.25, 0.3) is 0 Å². The molecule has 0 radical (unpaired) electrons. The minimum absolute atomic E-state index is 0.199. The summed E-state index contributed by atoms with van der Waals surface area (Å²) in [5.74, 6) is 0.674. The molecule has 1 saturated carbocycles. The SMILES string of the molecule is CCC1CCCC(CN)(C(O)c2ccc(Cl)cc2Br)C1. The van der Waals surface area contributed by atoms with Gasteiger partial charge in [0.25, 0.3) is 0 Å². The maximum atomic E-state index is 10.9. The van der Waals surface area contributed by atoms with Crippen LogP contribution < -0.4 is 5.73 Å². The number of rotatable bonds is 4. The molecule has 1 aromatic carbocycles. The van der Waals surface area contributed by atoms with Crippen LogP contribution in [0.4, 0.5) is 0 Å². The third-order valence-corrected chi connectivity index (χ3v) is 5.73. The average Bonchev–Trinajstić information content (AvgIpc) is 2.46. The summed E-state index contributed by atoms with van der Waals surface area (Å²) >= 11 is 9.50. The minimum Gasteiger partial charge on any atom is -0.388 e. The van der Waals surface area contributed by atoms with E-state index in [1.165, 1.54) is 6.42 Å². The molecule has 0 saturated heterocycles. The van der Waals surface area contributed by atoms with Gasteiger partial charge >= 0.3 is 0 Å². The summed E-state index contributed by atoms with van der Waals surface area (Å²) < 4.78 is 0.865. The Balaban J connectivity index is 2.30. The van der Waals surface area contributed by atoms with Crippen molar-refractivity contribution in [2.45, 2.75) is 45.1 Å². The lowest BCUT2D eigenvalue weighted by Crippen LogP contribution is -2.41. The molecule has 1 aliphatic carbocycles. The van der Waals surface area contributed by atoms with Crippen LogP contribution in [0, 0.1) is 11.3 Å². The topological polar surface area (TPSA) is 46.2 Å². The van der Waals surface area contributed by atoms with Gasteiger partial charge in [-0.2, -0.15) is 0 Å². The van der Waals surface area contributed by atoms with Crippen LogP contribution in [0.3, 0.4) is 0 Å². The molecular formula is C16H23BrClNO. The number of aliphatic hydroxyl groups is 1. The van der Waals surface area contributed by atoms with Crippen molar-refractivity contribution in [2.24, 2.45) is 17.1 Å². The first-order chi connectivity index (χ1) is 9.52. The Hall–Kier alpha value is -0.0900. The number of halogens is 2. The smallest absolute Gasteiger partial charge is 0.0869 e. The quantitative estimate of drug-likeness (QED) is 0.819. The second-order valence-electron chi connectivity index (χ2n) is 6.01. The van der Waals surface area contributed by atoms with Crippen LogP contribution >= 0.6 is 27.5 Å². The highest BCUT2D eigenvalue weighted by atomic mass is 79.9. The average molecular weight is 361 g/mol. The summed E-state index contributed by atoms with van der Waals surface area (Å²) in [4.78, 5) is 0. The molecular weight excluding hydrogens is 338 g/mol. The predicted octanol–water partition coefficient (Wildman–Crippen LogP) is 4.68. The second kappa shape index (κ2) is 6.78. The van der Waals surface area contributed by atoms with Gasteiger partial charge in [-0.1, -0.05) is 59.8 Å². The molecule has 0 bridgehead atoms. The third kappa shape index (κ3) is 3.22. The molecule has 2 nitrogen and oxygen atoms in total. The molecule has 112 valence electrons. The first-order valence-electron chi connectivity index (χ1n) is 7.35. The van der Waals surface area contributed by atoms with E-state index in [1.54, 1.807) is 0 Å². The molecule has 0 aliphatic heterocycles. The van der Waals surface area contributed by atoms with E-state index in [2.05, 4.69) is 22.9 Å². The Kier molecular flexibility index (Phi) is 5.52. The van der Waals surface area contributed by atoms with Gasteiger partial charge in [-0.15, -0.1) is 0 Å². The summed E-state index contributed by atoms with van der Waals surface area (Å²) in [5, 5.41) is 11.6. The molecule has 0 spiro atoms. The maximum Gasteiger partial charge on any atom is 0.0869 e. The molecule has 3 N–H and O–H groups in total.